The van der Waals surface area contributed by atoms with E-state index in [0.29, 0.717) is 6.54 Å². The van der Waals surface area contributed by atoms with Crippen LogP contribution in [-0.4, -0.2) is 36.0 Å². The van der Waals surface area contributed by atoms with Crippen molar-refractivity contribution < 1.29 is 27.5 Å². The van der Waals surface area contributed by atoms with Gasteiger partial charge in [0.15, 0.2) is 6.61 Å². The van der Waals surface area contributed by atoms with E-state index in [1.165, 1.54) is 0 Å². The van der Waals surface area contributed by atoms with Crippen LogP contribution in [0.2, 0.25) is 0 Å². The molecule has 27 heavy (non-hydrogen) atoms. The van der Waals surface area contributed by atoms with Crippen molar-refractivity contribution >= 4 is 11.9 Å². The Labute approximate surface area is 156 Å². The van der Waals surface area contributed by atoms with E-state index < -0.39 is 24.3 Å². The Morgan fingerprint density at radius 3 is 2.37 bits per heavy atom. The SMILES string of the molecule is CC1(C)C[C@H]2C[C@](C)(CN2C(=O)COC(=O)c2ccc(C(F)(F)F)cc2)C1. The second-order valence-electron chi connectivity index (χ2n) is 8.89. The summed E-state index contributed by atoms with van der Waals surface area (Å²) in [6, 6.07) is 3.91. The molecule has 0 aromatic heterocycles. The average Bonchev–Trinajstić information content (AvgIpc) is 2.80. The summed E-state index contributed by atoms with van der Waals surface area (Å²) in [4.78, 5) is 26.4. The van der Waals surface area contributed by atoms with Crippen LogP contribution in [-0.2, 0) is 15.7 Å². The zero-order valence-corrected chi connectivity index (χ0v) is 15.7. The molecule has 1 saturated heterocycles. The molecule has 2 aliphatic rings. The molecule has 148 valence electrons. The van der Waals surface area contributed by atoms with E-state index in [1.807, 2.05) is 0 Å². The summed E-state index contributed by atoms with van der Waals surface area (Å²) in [6.07, 6.45) is -1.54. The Kier molecular flexibility index (Phi) is 4.77. The maximum absolute atomic E-state index is 12.6. The van der Waals surface area contributed by atoms with E-state index in [-0.39, 0.29) is 28.3 Å². The highest BCUT2D eigenvalue weighted by atomic mass is 19.4. The fourth-order valence-corrected chi connectivity index (χ4v) is 4.84. The second-order valence-corrected chi connectivity index (χ2v) is 8.89. The molecule has 2 fully saturated rings. The number of fused-ring (bicyclic) bond motifs is 2. The standard InChI is InChI=1S/C20H24F3NO3/c1-18(2)8-15-9-19(3,11-18)12-24(15)16(25)10-27-17(26)13-4-6-14(7-5-13)20(21,22)23/h4-7,15H,8-12H2,1-3H3/t15-,19-/m0/s1. The summed E-state index contributed by atoms with van der Waals surface area (Å²) in [5, 5.41) is 0. The molecule has 1 aromatic rings. The van der Waals surface area contributed by atoms with Crippen molar-refractivity contribution in [2.75, 3.05) is 13.2 Å². The number of amides is 1. The molecule has 2 atom stereocenters. The minimum Gasteiger partial charge on any atom is -0.452 e. The highest BCUT2D eigenvalue weighted by molar-refractivity contribution is 5.91. The van der Waals surface area contributed by atoms with Gasteiger partial charge >= 0.3 is 12.1 Å². The van der Waals surface area contributed by atoms with E-state index in [2.05, 4.69) is 20.8 Å². The molecule has 0 N–H and O–H groups in total. The monoisotopic (exact) mass is 383 g/mol. The lowest BCUT2D eigenvalue weighted by atomic mass is 9.65. The molecule has 1 saturated carbocycles. The van der Waals surface area contributed by atoms with Gasteiger partial charge in [-0.05, 0) is 54.4 Å². The van der Waals surface area contributed by atoms with Gasteiger partial charge in [-0.2, -0.15) is 13.2 Å². The summed E-state index contributed by atoms with van der Waals surface area (Å²) < 4.78 is 42.8. The number of halogens is 3. The average molecular weight is 383 g/mol. The quantitative estimate of drug-likeness (QED) is 0.732. The van der Waals surface area contributed by atoms with Crippen LogP contribution >= 0.6 is 0 Å². The van der Waals surface area contributed by atoms with Crippen LogP contribution in [0.3, 0.4) is 0 Å². The smallest absolute Gasteiger partial charge is 0.416 e. The third-order valence-electron chi connectivity index (χ3n) is 5.51. The molecule has 2 bridgehead atoms. The molecule has 3 rings (SSSR count). The van der Waals surface area contributed by atoms with Crippen molar-refractivity contribution in [2.45, 2.75) is 52.3 Å². The number of carbonyl (C=O) groups is 2. The molecule has 1 aliphatic carbocycles. The molecule has 0 spiro atoms. The van der Waals surface area contributed by atoms with Gasteiger partial charge < -0.3 is 9.64 Å². The predicted molar refractivity (Wildman–Crippen MR) is 93.0 cm³/mol. The third kappa shape index (κ3) is 4.28. The minimum absolute atomic E-state index is 0.0101. The molecule has 1 amide bonds. The van der Waals surface area contributed by atoms with E-state index in [1.54, 1.807) is 4.90 Å². The van der Waals surface area contributed by atoms with Crippen LogP contribution in [0.15, 0.2) is 24.3 Å². The van der Waals surface area contributed by atoms with E-state index in [9.17, 15) is 22.8 Å². The first-order chi connectivity index (χ1) is 12.4. The van der Waals surface area contributed by atoms with Crippen molar-refractivity contribution in [3.8, 4) is 0 Å². The Morgan fingerprint density at radius 1 is 1.15 bits per heavy atom. The first-order valence-corrected chi connectivity index (χ1v) is 9.03. The topological polar surface area (TPSA) is 46.6 Å². The van der Waals surface area contributed by atoms with Crippen LogP contribution in [0.25, 0.3) is 0 Å². The highest BCUT2D eigenvalue weighted by Crippen LogP contribution is 2.52. The fourth-order valence-electron chi connectivity index (χ4n) is 4.84. The number of rotatable bonds is 3. The number of ether oxygens (including phenoxy) is 1. The molecular weight excluding hydrogens is 359 g/mol. The first kappa shape index (κ1) is 19.7. The number of alkyl halides is 3. The highest BCUT2D eigenvalue weighted by Gasteiger charge is 2.50. The number of esters is 1. The maximum Gasteiger partial charge on any atom is 0.416 e. The Morgan fingerprint density at radius 2 is 1.78 bits per heavy atom. The molecule has 0 radical (unpaired) electrons. The number of hydrogen-bond acceptors (Lipinski definition) is 3. The van der Waals surface area contributed by atoms with Gasteiger partial charge in [0.1, 0.15) is 0 Å². The Hall–Kier alpha value is -2.05. The van der Waals surface area contributed by atoms with Gasteiger partial charge in [-0.1, -0.05) is 20.8 Å². The fraction of sp³-hybridized carbons (Fsp3) is 0.600. The number of carbonyl (C=O) groups excluding carboxylic acids is 2. The van der Waals surface area contributed by atoms with Crippen LogP contribution < -0.4 is 0 Å². The molecule has 0 unspecified atom stereocenters. The maximum atomic E-state index is 12.6. The lowest BCUT2D eigenvalue weighted by Crippen LogP contribution is -2.39. The van der Waals surface area contributed by atoms with Gasteiger partial charge in [0, 0.05) is 12.6 Å². The summed E-state index contributed by atoms with van der Waals surface area (Å²) in [5.74, 6) is -1.05. The van der Waals surface area contributed by atoms with Crippen molar-refractivity contribution in [3.63, 3.8) is 0 Å². The number of benzene rings is 1. The van der Waals surface area contributed by atoms with Crippen molar-refractivity contribution in [3.05, 3.63) is 35.4 Å². The van der Waals surface area contributed by atoms with E-state index in [0.717, 1.165) is 43.5 Å². The van der Waals surface area contributed by atoms with E-state index >= 15 is 0 Å². The zero-order chi connectivity index (χ0) is 20.0. The van der Waals surface area contributed by atoms with Gasteiger partial charge in [-0.25, -0.2) is 4.79 Å². The van der Waals surface area contributed by atoms with Gasteiger partial charge in [-0.3, -0.25) is 4.79 Å². The molecule has 1 aliphatic heterocycles. The Bertz CT molecular complexity index is 742. The molecular formula is C20H24F3NO3. The molecule has 7 heteroatoms. The van der Waals surface area contributed by atoms with Crippen LogP contribution in [0, 0.1) is 10.8 Å². The second kappa shape index (κ2) is 6.53. The molecule has 4 nitrogen and oxygen atoms in total. The van der Waals surface area contributed by atoms with Crippen LogP contribution in [0.5, 0.6) is 0 Å². The number of likely N-dealkylation sites (tertiary alicyclic amines) is 1. The van der Waals surface area contributed by atoms with Gasteiger partial charge in [-0.15, -0.1) is 0 Å². The summed E-state index contributed by atoms with van der Waals surface area (Å²) in [5.41, 5.74) is -0.595. The normalized spacial score (nSPS) is 26.7. The third-order valence-corrected chi connectivity index (χ3v) is 5.51. The number of hydrogen-bond donors (Lipinski definition) is 0. The molecule has 1 heterocycles. The van der Waals surface area contributed by atoms with Gasteiger partial charge in [0.05, 0.1) is 11.1 Å². The molecule has 1 aromatic carbocycles. The van der Waals surface area contributed by atoms with Crippen molar-refractivity contribution in [1.29, 1.82) is 0 Å². The van der Waals surface area contributed by atoms with Gasteiger partial charge in [0.25, 0.3) is 5.91 Å². The largest absolute Gasteiger partial charge is 0.452 e. The lowest BCUT2D eigenvalue weighted by molar-refractivity contribution is -0.137. The number of nitrogens with zero attached hydrogens (tertiary/aromatic N) is 1. The summed E-state index contributed by atoms with van der Waals surface area (Å²) >= 11 is 0. The zero-order valence-electron chi connectivity index (χ0n) is 15.7. The summed E-state index contributed by atoms with van der Waals surface area (Å²) in [6.45, 7) is 6.85. The lowest BCUT2D eigenvalue weighted by Gasteiger charge is -2.39. The van der Waals surface area contributed by atoms with Crippen LogP contribution in [0.4, 0.5) is 13.2 Å². The van der Waals surface area contributed by atoms with E-state index in [4.69, 9.17) is 4.74 Å². The minimum atomic E-state index is -4.46. The van der Waals surface area contributed by atoms with Crippen LogP contribution in [0.1, 0.15) is 56.0 Å². The van der Waals surface area contributed by atoms with Gasteiger partial charge in [0.2, 0.25) is 0 Å². The first-order valence-electron chi connectivity index (χ1n) is 9.03. The Balaban J connectivity index is 1.59. The summed E-state index contributed by atoms with van der Waals surface area (Å²) in [7, 11) is 0. The van der Waals surface area contributed by atoms with Crippen molar-refractivity contribution in [1.82, 2.24) is 4.90 Å². The van der Waals surface area contributed by atoms with Crippen molar-refractivity contribution in [2.24, 2.45) is 10.8 Å². The predicted octanol–water partition coefficient (Wildman–Crippen LogP) is 4.29.